The predicted octanol–water partition coefficient (Wildman–Crippen LogP) is -0.212. The number of pyridine rings is 1. The minimum Gasteiger partial charge on any atom is -0.409 e. The number of nitrogens with zero attached hydrogens (tertiary/aromatic N) is 6. The average Bonchev–Trinajstić information content (AvgIpc) is 2.94. The minimum absolute atomic E-state index is 0.0730. The summed E-state index contributed by atoms with van der Waals surface area (Å²) >= 11 is 0. The molecule has 2 aromatic rings. The summed E-state index contributed by atoms with van der Waals surface area (Å²) < 4.78 is 2.02. The second-order valence-corrected chi connectivity index (χ2v) is 4.25. The number of oxime groups is 1. The zero-order chi connectivity index (χ0) is 13.2. The molecule has 0 saturated carbocycles. The monoisotopic (exact) mass is 259 g/mol. The van der Waals surface area contributed by atoms with E-state index in [4.69, 9.17) is 10.9 Å². The van der Waals surface area contributed by atoms with Gasteiger partial charge in [-0.2, -0.15) is 0 Å². The van der Waals surface area contributed by atoms with E-state index in [1.165, 1.54) is 0 Å². The molecule has 3 N–H and O–H groups in total. The summed E-state index contributed by atoms with van der Waals surface area (Å²) in [6.07, 6.45) is 3.37. The van der Waals surface area contributed by atoms with Crippen molar-refractivity contribution in [3.63, 3.8) is 0 Å². The summed E-state index contributed by atoms with van der Waals surface area (Å²) in [6, 6.07) is 3.49. The summed E-state index contributed by atoms with van der Waals surface area (Å²) in [5.74, 6) is 1.75. The van der Waals surface area contributed by atoms with Crippen LogP contribution in [0, 0.1) is 0 Å². The standard InChI is InChI=1S/C11H13N7O/c12-11(16-19)8-1-2-13-9(5-8)17-3-4-18-7-14-15-10(18)6-17/h1-2,5,7,19H,3-4,6H2,(H2,12,16). The number of amidine groups is 1. The highest BCUT2D eigenvalue weighted by atomic mass is 16.4. The molecule has 0 amide bonds. The first-order valence-corrected chi connectivity index (χ1v) is 5.83. The van der Waals surface area contributed by atoms with Crippen LogP contribution in [0.1, 0.15) is 11.4 Å². The molecule has 19 heavy (non-hydrogen) atoms. The normalized spacial score (nSPS) is 15.4. The molecular weight excluding hydrogens is 246 g/mol. The van der Waals surface area contributed by atoms with Crippen LogP contribution in [0.25, 0.3) is 0 Å². The van der Waals surface area contributed by atoms with Crippen molar-refractivity contribution in [1.29, 1.82) is 0 Å². The Labute approximate surface area is 109 Å². The summed E-state index contributed by atoms with van der Waals surface area (Å²) in [6.45, 7) is 2.28. The van der Waals surface area contributed by atoms with Crippen molar-refractivity contribution >= 4 is 11.7 Å². The van der Waals surface area contributed by atoms with Crippen molar-refractivity contribution in [3.8, 4) is 0 Å². The van der Waals surface area contributed by atoms with Gasteiger partial charge in [-0.3, -0.25) is 0 Å². The van der Waals surface area contributed by atoms with E-state index >= 15 is 0 Å². The molecule has 0 spiro atoms. The molecule has 3 rings (SSSR count). The van der Waals surface area contributed by atoms with Crippen molar-refractivity contribution in [3.05, 3.63) is 36.0 Å². The highest BCUT2D eigenvalue weighted by Crippen LogP contribution is 2.18. The maximum absolute atomic E-state index is 8.70. The molecule has 2 aromatic heterocycles. The second-order valence-electron chi connectivity index (χ2n) is 4.25. The van der Waals surface area contributed by atoms with Gasteiger partial charge in [-0.1, -0.05) is 5.16 Å². The molecule has 98 valence electrons. The number of nitrogens with two attached hydrogens (primary N) is 1. The lowest BCUT2D eigenvalue weighted by atomic mass is 10.2. The molecule has 8 nitrogen and oxygen atoms in total. The first-order chi connectivity index (χ1) is 9.28. The van der Waals surface area contributed by atoms with Gasteiger partial charge < -0.3 is 20.4 Å². The van der Waals surface area contributed by atoms with Crippen molar-refractivity contribution in [2.24, 2.45) is 10.9 Å². The Balaban J connectivity index is 1.88. The Kier molecular flexibility index (Phi) is 2.75. The third-order valence-electron chi connectivity index (χ3n) is 3.11. The van der Waals surface area contributed by atoms with Gasteiger partial charge in [-0.25, -0.2) is 4.98 Å². The highest BCUT2D eigenvalue weighted by Gasteiger charge is 2.18. The van der Waals surface area contributed by atoms with Crippen LogP contribution >= 0.6 is 0 Å². The SMILES string of the molecule is NC(=NO)c1ccnc(N2CCn3cnnc3C2)c1. The third kappa shape index (κ3) is 2.07. The number of hydrogen-bond acceptors (Lipinski definition) is 6. The largest absolute Gasteiger partial charge is 0.409 e. The fourth-order valence-corrected chi connectivity index (χ4v) is 2.07. The topological polar surface area (TPSA) is 105 Å². The van der Waals surface area contributed by atoms with E-state index in [2.05, 4.69) is 25.2 Å². The quantitative estimate of drug-likeness (QED) is 0.334. The molecule has 0 atom stereocenters. The fraction of sp³-hybridized carbons (Fsp3) is 0.273. The minimum atomic E-state index is 0.0730. The molecule has 0 unspecified atom stereocenters. The molecule has 8 heteroatoms. The van der Waals surface area contributed by atoms with Crippen molar-refractivity contribution < 1.29 is 5.21 Å². The molecule has 0 saturated heterocycles. The number of fused-ring (bicyclic) bond motifs is 1. The smallest absolute Gasteiger partial charge is 0.170 e. The molecule has 0 bridgehead atoms. The molecule has 0 fully saturated rings. The number of anilines is 1. The van der Waals surface area contributed by atoms with Gasteiger partial charge in [0.05, 0.1) is 6.54 Å². The van der Waals surface area contributed by atoms with Gasteiger partial charge in [0, 0.05) is 24.8 Å². The van der Waals surface area contributed by atoms with Gasteiger partial charge in [0.25, 0.3) is 0 Å². The molecule has 1 aliphatic heterocycles. The van der Waals surface area contributed by atoms with Crippen LogP contribution in [0.4, 0.5) is 5.82 Å². The van der Waals surface area contributed by atoms with E-state index in [0.29, 0.717) is 12.1 Å². The van der Waals surface area contributed by atoms with Crippen LogP contribution in [-0.2, 0) is 13.1 Å². The van der Waals surface area contributed by atoms with Crippen LogP contribution < -0.4 is 10.6 Å². The lowest BCUT2D eigenvalue weighted by Crippen LogP contribution is -2.34. The van der Waals surface area contributed by atoms with E-state index in [9.17, 15) is 0 Å². The van der Waals surface area contributed by atoms with E-state index in [-0.39, 0.29) is 5.84 Å². The van der Waals surface area contributed by atoms with Crippen LogP contribution in [-0.4, -0.2) is 37.3 Å². The molecule has 1 aliphatic rings. The highest BCUT2D eigenvalue weighted by molar-refractivity contribution is 5.97. The lowest BCUT2D eigenvalue weighted by molar-refractivity contribution is 0.318. The lowest BCUT2D eigenvalue weighted by Gasteiger charge is -2.28. The second kappa shape index (κ2) is 4.56. The summed E-state index contributed by atoms with van der Waals surface area (Å²) in [5.41, 5.74) is 6.22. The first-order valence-electron chi connectivity index (χ1n) is 5.83. The Morgan fingerprint density at radius 1 is 1.42 bits per heavy atom. The van der Waals surface area contributed by atoms with Gasteiger partial charge in [0.15, 0.2) is 11.7 Å². The summed E-state index contributed by atoms with van der Waals surface area (Å²) in [5, 5.41) is 19.6. The van der Waals surface area contributed by atoms with Crippen LogP contribution in [0.3, 0.4) is 0 Å². The molecule has 3 heterocycles. The van der Waals surface area contributed by atoms with Gasteiger partial charge in [-0.15, -0.1) is 10.2 Å². The van der Waals surface area contributed by atoms with E-state index in [1.54, 1.807) is 24.7 Å². The Bertz CT molecular complexity index is 621. The van der Waals surface area contributed by atoms with E-state index < -0.39 is 0 Å². The van der Waals surface area contributed by atoms with Crippen LogP contribution in [0.2, 0.25) is 0 Å². The Morgan fingerprint density at radius 3 is 3.16 bits per heavy atom. The summed E-state index contributed by atoms with van der Waals surface area (Å²) in [7, 11) is 0. The fourth-order valence-electron chi connectivity index (χ4n) is 2.07. The Morgan fingerprint density at radius 2 is 2.32 bits per heavy atom. The summed E-state index contributed by atoms with van der Waals surface area (Å²) in [4.78, 5) is 6.39. The average molecular weight is 259 g/mol. The maximum Gasteiger partial charge on any atom is 0.170 e. The van der Waals surface area contributed by atoms with Crippen LogP contribution in [0.15, 0.2) is 29.8 Å². The van der Waals surface area contributed by atoms with E-state index in [1.807, 2.05) is 4.57 Å². The van der Waals surface area contributed by atoms with Gasteiger partial charge in [0.1, 0.15) is 12.1 Å². The van der Waals surface area contributed by atoms with Crippen LogP contribution in [0.5, 0.6) is 0 Å². The zero-order valence-corrected chi connectivity index (χ0v) is 10.1. The predicted molar refractivity (Wildman–Crippen MR) is 67.8 cm³/mol. The number of rotatable bonds is 2. The number of aromatic nitrogens is 4. The van der Waals surface area contributed by atoms with Crippen molar-refractivity contribution in [1.82, 2.24) is 19.7 Å². The van der Waals surface area contributed by atoms with Crippen molar-refractivity contribution in [2.45, 2.75) is 13.1 Å². The van der Waals surface area contributed by atoms with Crippen molar-refractivity contribution in [2.75, 3.05) is 11.4 Å². The molecule has 0 radical (unpaired) electrons. The number of hydrogen-bond donors (Lipinski definition) is 2. The van der Waals surface area contributed by atoms with Gasteiger partial charge in [-0.05, 0) is 12.1 Å². The van der Waals surface area contributed by atoms with E-state index in [0.717, 1.165) is 24.7 Å². The Hall–Kier alpha value is -2.64. The maximum atomic E-state index is 8.70. The molecular formula is C11H13N7O. The first kappa shape index (κ1) is 11.5. The van der Waals surface area contributed by atoms with Gasteiger partial charge in [0.2, 0.25) is 0 Å². The molecule has 0 aromatic carbocycles. The van der Waals surface area contributed by atoms with Gasteiger partial charge >= 0.3 is 0 Å². The zero-order valence-electron chi connectivity index (χ0n) is 10.1. The third-order valence-corrected chi connectivity index (χ3v) is 3.11. The molecule has 0 aliphatic carbocycles.